The fourth-order valence-corrected chi connectivity index (χ4v) is 6.49. The molecule has 1 unspecified atom stereocenters. The first-order valence-electron chi connectivity index (χ1n) is 15.0. The van der Waals surface area contributed by atoms with Gasteiger partial charge in [0.25, 0.3) is 0 Å². The van der Waals surface area contributed by atoms with Gasteiger partial charge in [-0.2, -0.15) is 0 Å². The summed E-state index contributed by atoms with van der Waals surface area (Å²) in [6, 6.07) is 11.4. The number of nitrogens with zero attached hydrogens (tertiary/aromatic N) is 4. The topological polar surface area (TPSA) is 91.6 Å². The molecule has 0 spiro atoms. The first-order valence-corrected chi connectivity index (χ1v) is 15.8. The van der Waals surface area contributed by atoms with Crippen LogP contribution in [0.25, 0.3) is 0 Å². The fraction of sp³-hybridized carbons (Fsp3) is 0.548. The summed E-state index contributed by atoms with van der Waals surface area (Å²) in [6.45, 7) is 7.34. The van der Waals surface area contributed by atoms with Crippen molar-refractivity contribution in [2.75, 3.05) is 75.5 Å². The van der Waals surface area contributed by atoms with E-state index in [0.717, 1.165) is 87.6 Å². The number of unbranched alkanes of at least 4 members (excludes halogenated alkanes) is 1. The van der Waals surface area contributed by atoms with Crippen LogP contribution >= 0.6 is 23.2 Å². The van der Waals surface area contributed by atoms with Crippen molar-refractivity contribution in [3.63, 3.8) is 0 Å². The number of amides is 1. The highest BCUT2D eigenvalue weighted by Crippen LogP contribution is 2.34. The number of benzene rings is 2. The average molecular weight is 619 g/mol. The minimum atomic E-state index is -0.289. The van der Waals surface area contributed by atoms with Gasteiger partial charge in [0.2, 0.25) is 5.91 Å². The van der Waals surface area contributed by atoms with Gasteiger partial charge < -0.3 is 20.1 Å². The largest absolute Gasteiger partial charge is 0.494 e. The number of hydrogen-bond donors (Lipinski definition) is 1. The summed E-state index contributed by atoms with van der Waals surface area (Å²) in [5.74, 6) is 0.384. The number of esters is 1. The Bertz CT molecular complexity index is 1240. The molecule has 0 aromatic heterocycles. The Balaban J connectivity index is 1.06. The molecule has 228 valence electrons. The first-order chi connectivity index (χ1) is 20.4. The third-order valence-electron chi connectivity index (χ3n) is 8.43. The van der Waals surface area contributed by atoms with Crippen LogP contribution in [0, 0.1) is 0 Å². The molecule has 11 heteroatoms. The Morgan fingerprint density at radius 1 is 0.976 bits per heavy atom. The monoisotopic (exact) mass is 617 g/mol. The number of halogens is 2. The zero-order valence-corrected chi connectivity index (χ0v) is 25.6. The Hall–Kier alpha value is -2.56. The number of aryl methyl sites for hydroxylation is 1. The number of carbonyl (C=O) groups is 2. The molecule has 0 aliphatic carbocycles. The van der Waals surface area contributed by atoms with Crippen LogP contribution in [0.1, 0.15) is 37.7 Å². The van der Waals surface area contributed by atoms with Crippen molar-refractivity contribution in [3.05, 3.63) is 52.0 Å². The second kappa shape index (κ2) is 14.8. The quantitative estimate of drug-likeness (QED) is 0.280. The highest BCUT2D eigenvalue weighted by atomic mass is 35.5. The summed E-state index contributed by atoms with van der Waals surface area (Å²) in [4.78, 5) is 34.0. The lowest BCUT2D eigenvalue weighted by atomic mass is 10.0. The van der Waals surface area contributed by atoms with Crippen LogP contribution in [0.4, 0.5) is 11.4 Å². The maximum Gasteiger partial charge on any atom is 0.325 e. The lowest BCUT2D eigenvalue weighted by Gasteiger charge is -2.36. The van der Waals surface area contributed by atoms with Crippen LogP contribution in [-0.2, 0) is 20.7 Å². The van der Waals surface area contributed by atoms with E-state index in [1.807, 2.05) is 36.4 Å². The minimum absolute atomic E-state index is 0.0459. The molecule has 42 heavy (non-hydrogen) atoms. The number of fused-ring (bicyclic) bond motifs is 1. The Morgan fingerprint density at radius 2 is 1.81 bits per heavy atom. The van der Waals surface area contributed by atoms with E-state index in [0.29, 0.717) is 42.6 Å². The molecule has 2 N–H and O–H groups in total. The second-order valence-corrected chi connectivity index (χ2v) is 11.9. The molecular weight excluding hydrogens is 577 g/mol. The number of ether oxygens (including phenoxy) is 2. The predicted molar refractivity (Wildman–Crippen MR) is 167 cm³/mol. The first kappa shape index (κ1) is 30.9. The van der Waals surface area contributed by atoms with Crippen molar-refractivity contribution in [1.29, 1.82) is 0 Å². The molecule has 9 nitrogen and oxygen atoms in total. The van der Waals surface area contributed by atoms with Crippen molar-refractivity contribution in [1.82, 2.24) is 9.80 Å². The average Bonchev–Trinajstić information content (AvgIpc) is 3.47. The van der Waals surface area contributed by atoms with E-state index in [1.54, 1.807) is 4.90 Å². The standard InChI is InChI=1S/C31H41Cl2N5O4/c32-25-5-3-6-26(30(25)33)37-18-16-35(17-19-37)13-1-2-20-41-24-10-8-23-9-11-29(39)38(28(23)21-24)22-42-31(40)27-7-4-14-36(27)15-12-34/h3,5-6,8,10,21,27H,1-2,4,7,9,11-20,22,34H2. The van der Waals surface area contributed by atoms with Crippen molar-refractivity contribution in [2.45, 2.75) is 44.6 Å². The molecule has 1 amide bonds. The van der Waals surface area contributed by atoms with Gasteiger partial charge in [0.15, 0.2) is 6.73 Å². The molecule has 2 aromatic rings. The van der Waals surface area contributed by atoms with Crippen LogP contribution in [-0.4, -0.2) is 93.4 Å². The molecule has 3 aliphatic rings. The van der Waals surface area contributed by atoms with E-state index in [4.69, 9.17) is 38.4 Å². The second-order valence-electron chi connectivity index (χ2n) is 11.1. The van der Waals surface area contributed by atoms with Gasteiger partial charge >= 0.3 is 5.97 Å². The van der Waals surface area contributed by atoms with Crippen molar-refractivity contribution in [2.24, 2.45) is 5.73 Å². The lowest BCUT2D eigenvalue weighted by Crippen LogP contribution is -2.46. The molecule has 0 saturated carbocycles. The zero-order chi connectivity index (χ0) is 29.5. The number of nitrogens with two attached hydrogens (primary N) is 1. The molecular formula is C31H41Cl2N5O4. The highest BCUT2D eigenvalue weighted by Gasteiger charge is 2.33. The van der Waals surface area contributed by atoms with Gasteiger partial charge in [0.1, 0.15) is 11.8 Å². The maximum atomic E-state index is 12.8. The number of hydrogen-bond acceptors (Lipinski definition) is 8. The third-order valence-corrected chi connectivity index (χ3v) is 9.24. The van der Waals surface area contributed by atoms with E-state index in [-0.39, 0.29) is 24.6 Å². The molecule has 2 aromatic carbocycles. The molecule has 3 heterocycles. The van der Waals surface area contributed by atoms with Crippen molar-refractivity contribution < 1.29 is 19.1 Å². The summed E-state index contributed by atoms with van der Waals surface area (Å²) in [5, 5.41) is 1.21. The zero-order valence-electron chi connectivity index (χ0n) is 24.1. The predicted octanol–water partition coefficient (Wildman–Crippen LogP) is 4.18. The molecule has 3 aliphatic heterocycles. The molecule has 1 atom stereocenters. The van der Waals surface area contributed by atoms with Crippen LogP contribution in [0.15, 0.2) is 36.4 Å². The molecule has 2 saturated heterocycles. The van der Waals surface area contributed by atoms with Gasteiger partial charge in [-0.3, -0.25) is 24.3 Å². The molecule has 2 fully saturated rings. The summed E-state index contributed by atoms with van der Waals surface area (Å²) < 4.78 is 11.7. The number of anilines is 2. The van der Waals surface area contributed by atoms with Crippen LogP contribution < -0.4 is 20.3 Å². The molecule has 0 radical (unpaired) electrons. The van der Waals surface area contributed by atoms with Gasteiger partial charge in [-0.05, 0) is 69.0 Å². The van der Waals surface area contributed by atoms with Crippen LogP contribution in [0.5, 0.6) is 5.75 Å². The summed E-state index contributed by atoms with van der Waals surface area (Å²) in [6.07, 6.45) is 4.73. The Kier molecular flexibility index (Phi) is 10.8. The minimum Gasteiger partial charge on any atom is -0.494 e. The van der Waals surface area contributed by atoms with Crippen molar-refractivity contribution >= 4 is 46.5 Å². The van der Waals surface area contributed by atoms with Gasteiger partial charge in [-0.15, -0.1) is 0 Å². The smallest absolute Gasteiger partial charge is 0.325 e. The Labute approximate surface area is 258 Å². The lowest BCUT2D eigenvalue weighted by molar-refractivity contribution is -0.149. The van der Waals surface area contributed by atoms with E-state index >= 15 is 0 Å². The normalized spacial score (nSPS) is 19.7. The van der Waals surface area contributed by atoms with Gasteiger partial charge in [0.05, 0.1) is 28.0 Å². The number of carbonyl (C=O) groups excluding carboxylic acids is 2. The van der Waals surface area contributed by atoms with Gasteiger partial charge in [0, 0.05) is 51.8 Å². The Morgan fingerprint density at radius 3 is 2.62 bits per heavy atom. The maximum absolute atomic E-state index is 12.8. The van der Waals surface area contributed by atoms with Crippen LogP contribution in [0.3, 0.4) is 0 Å². The summed E-state index contributed by atoms with van der Waals surface area (Å²) in [7, 11) is 0. The third kappa shape index (κ3) is 7.50. The summed E-state index contributed by atoms with van der Waals surface area (Å²) >= 11 is 12.6. The van der Waals surface area contributed by atoms with E-state index in [2.05, 4.69) is 14.7 Å². The van der Waals surface area contributed by atoms with Gasteiger partial charge in [-0.1, -0.05) is 35.3 Å². The van der Waals surface area contributed by atoms with E-state index in [9.17, 15) is 9.59 Å². The van der Waals surface area contributed by atoms with E-state index in [1.165, 1.54) is 0 Å². The summed E-state index contributed by atoms with van der Waals surface area (Å²) in [5.41, 5.74) is 8.52. The SMILES string of the molecule is NCCN1CCCC1C(=O)OCN1C(=O)CCc2ccc(OCCCCN3CCN(c4cccc(Cl)c4Cl)CC3)cc21. The number of likely N-dealkylation sites (tertiary alicyclic amines) is 1. The number of piperazine rings is 1. The van der Waals surface area contributed by atoms with E-state index < -0.39 is 0 Å². The number of rotatable bonds is 12. The van der Waals surface area contributed by atoms with Crippen molar-refractivity contribution in [3.8, 4) is 5.75 Å². The van der Waals surface area contributed by atoms with Gasteiger partial charge in [-0.25, -0.2) is 0 Å². The highest BCUT2D eigenvalue weighted by molar-refractivity contribution is 6.43. The fourth-order valence-electron chi connectivity index (χ4n) is 6.08. The molecule has 5 rings (SSSR count). The molecule has 0 bridgehead atoms. The van der Waals surface area contributed by atoms with Crippen LogP contribution in [0.2, 0.25) is 10.0 Å².